The fraction of sp³-hybridized carbons (Fsp3) is 0.729. The van der Waals surface area contributed by atoms with Gasteiger partial charge in [-0.05, 0) is 64.2 Å². The predicted molar refractivity (Wildman–Crippen MR) is 242 cm³/mol. The van der Waals surface area contributed by atoms with Crippen LogP contribution in [0.4, 0.5) is 0 Å². The number of carbonyl (C=O) groups is 1. The Kier molecular flexibility index (Phi) is 38.0. The number of unbranched alkanes of at least 4 members (excludes halogenated alkanes) is 17. The van der Waals surface area contributed by atoms with Crippen LogP contribution in [0.5, 0.6) is 0 Å². The zero-order chi connectivity index (χ0) is 42.1. The van der Waals surface area contributed by atoms with Gasteiger partial charge in [-0.15, -0.1) is 0 Å². The van der Waals surface area contributed by atoms with E-state index in [-0.39, 0.29) is 19.1 Å². The molecule has 0 aromatic rings. The second kappa shape index (κ2) is 39.4. The second-order valence-electron chi connectivity index (χ2n) is 16.4. The summed E-state index contributed by atoms with van der Waals surface area (Å²) < 4.78 is 23.0. The zero-order valence-electron chi connectivity index (χ0n) is 37.3. The molecule has 0 fully saturated rings. The average Bonchev–Trinajstić information content (AvgIpc) is 3.16. The maximum atomic E-state index is 12.8. The van der Waals surface area contributed by atoms with Gasteiger partial charge < -0.3 is 28.8 Å². The molecule has 3 atom stereocenters. The van der Waals surface area contributed by atoms with Crippen molar-refractivity contribution in [3.8, 4) is 0 Å². The van der Waals surface area contributed by atoms with Gasteiger partial charge in [0.25, 0.3) is 7.82 Å². The number of phosphoric ester groups is 1. The standard InChI is InChI=1S/C48H87N2O6P/c1-6-8-10-12-14-15-16-17-18-19-20-21-22-23-24-25-26-27-28-29-30-31-32-33-34-35-36-38-40-42-48(52)49-46(47(51)41-39-37-13-11-9-7-2)45-56-57(53,54)55-44-43-50(3,4)5/h8,10,14-15,17-18,20-21,23-24,39,41,46-47,51H,6-7,9,11-13,16,19,22,25-38,40,42-45H2,1-5H3,(H-,49,52,53,54)/b10-8-,15-14-,18-17-,21-20-,24-23-,41-39+. The van der Waals surface area contributed by atoms with E-state index in [1.165, 1.54) is 77.0 Å². The molecular weight excluding hydrogens is 732 g/mol. The molecule has 0 aliphatic rings. The first-order valence-electron chi connectivity index (χ1n) is 22.8. The van der Waals surface area contributed by atoms with Crippen LogP contribution in [0.1, 0.15) is 174 Å². The summed E-state index contributed by atoms with van der Waals surface area (Å²) in [5.41, 5.74) is 0. The molecule has 0 rings (SSSR count). The lowest BCUT2D eigenvalue weighted by atomic mass is 10.0. The Labute approximate surface area is 351 Å². The molecule has 0 radical (unpaired) electrons. The molecule has 2 N–H and O–H groups in total. The molecule has 0 aliphatic heterocycles. The van der Waals surface area contributed by atoms with Crippen molar-refractivity contribution >= 4 is 13.7 Å². The molecular formula is C48H87N2O6P. The zero-order valence-corrected chi connectivity index (χ0v) is 38.2. The maximum Gasteiger partial charge on any atom is 0.268 e. The van der Waals surface area contributed by atoms with E-state index in [1.807, 2.05) is 27.2 Å². The van der Waals surface area contributed by atoms with E-state index in [0.29, 0.717) is 17.4 Å². The van der Waals surface area contributed by atoms with Gasteiger partial charge in [0, 0.05) is 6.42 Å². The number of hydrogen-bond donors (Lipinski definition) is 2. The first-order chi connectivity index (χ1) is 27.5. The van der Waals surface area contributed by atoms with E-state index in [2.05, 4.69) is 79.9 Å². The van der Waals surface area contributed by atoms with E-state index < -0.39 is 20.0 Å². The molecule has 0 aromatic carbocycles. The summed E-state index contributed by atoms with van der Waals surface area (Å²) >= 11 is 0. The number of nitrogens with one attached hydrogen (secondary N) is 1. The van der Waals surface area contributed by atoms with Gasteiger partial charge in [-0.2, -0.15) is 0 Å². The molecule has 9 heteroatoms. The Morgan fingerprint density at radius 3 is 1.56 bits per heavy atom. The minimum Gasteiger partial charge on any atom is -0.756 e. The number of carbonyl (C=O) groups excluding carboxylic acids is 1. The number of rotatable bonds is 40. The number of hydrogen-bond acceptors (Lipinski definition) is 6. The van der Waals surface area contributed by atoms with Crippen molar-refractivity contribution in [3.05, 3.63) is 72.9 Å². The fourth-order valence-corrected chi connectivity index (χ4v) is 6.78. The third-order valence-electron chi connectivity index (χ3n) is 9.67. The highest BCUT2D eigenvalue weighted by molar-refractivity contribution is 7.45. The first kappa shape index (κ1) is 54.9. The largest absolute Gasteiger partial charge is 0.756 e. The van der Waals surface area contributed by atoms with Crippen molar-refractivity contribution in [1.82, 2.24) is 5.32 Å². The lowest BCUT2D eigenvalue weighted by Gasteiger charge is -2.29. The van der Waals surface area contributed by atoms with Crippen molar-refractivity contribution in [2.75, 3.05) is 40.9 Å². The number of likely N-dealkylation sites (N-methyl/N-ethyl adjacent to an activating group) is 1. The Bertz CT molecular complexity index is 1160. The molecule has 0 heterocycles. The minimum atomic E-state index is -4.58. The summed E-state index contributed by atoms with van der Waals surface area (Å²) in [5, 5.41) is 13.6. The van der Waals surface area contributed by atoms with Crippen LogP contribution >= 0.6 is 7.82 Å². The highest BCUT2D eigenvalue weighted by atomic mass is 31.2. The molecule has 0 aliphatic carbocycles. The van der Waals surface area contributed by atoms with E-state index in [4.69, 9.17) is 9.05 Å². The minimum absolute atomic E-state index is 0.00453. The monoisotopic (exact) mass is 819 g/mol. The molecule has 3 unspecified atom stereocenters. The number of allylic oxidation sites excluding steroid dienone is 11. The van der Waals surface area contributed by atoms with Crippen LogP contribution in [-0.2, 0) is 18.4 Å². The van der Waals surface area contributed by atoms with Crippen molar-refractivity contribution in [3.63, 3.8) is 0 Å². The van der Waals surface area contributed by atoms with Crippen molar-refractivity contribution in [2.45, 2.75) is 187 Å². The normalized spacial score (nSPS) is 15.0. The van der Waals surface area contributed by atoms with Crippen LogP contribution in [0.3, 0.4) is 0 Å². The molecule has 8 nitrogen and oxygen atoms in total. The van der Waals surface area contributed by atoms with Crippen LogP contribution in [0.2, 0.25) is 0 Å². The van der Waals surface area contributed by atoms with Crippen LogP contribution in [0.25, 0.3) is 0 Å². The molecule has 57 heavy (non-hydrogen) atoms. The third-order valence-corrected chi connectivity index (χ3v) is 10.6. The molecule has 0 spiro atoms. The number of quaternary nitrogens is 1. The Balaban J connectivity index is 4.01. The summed E-state index contributed by atoms with van der Waals surface area (Å²) in [5.74, 6) is -0.208. The van der Waals surface area contributed by atoms with Crippen LogP contribution in [0, 0.1) is 0 Å². The highest BCUT2D eigenvalue weighted by Gasteiger charge is 2.23. The molecule has 330 valence electrons. The van der Waals surface area contributed by atoms with Gasteiger partial charge in [-0.1, -0.05) is 177 Å². The van der Waals surface area contributed by atoms with E-state index >= 15 is 0 Å². The van der Waals surface area contributed by atoms with Gasteiger partial charge in [-0.25, -0.2) is 0 Å². The van der Waals surface area contributed by atoms with Gasteiger partial charge >= 0.3 is 0 Å². The molecule has 1 amide bonds. The number of phosphoric acid groups is 1. The molecule has 0 saturated heterocycles. The predicted octanol–water partition coefficient (Wildman–Crippen LogP) is 12.2. The summed E-state index contributed by atoms with van der Waals surface area (Å²) in [6, 6.07) is -0.886. The molecule has 0 bridgehead atoms. The second-order valence-corrected chi connectivity index (χ2v) is 17.8. The van der Waals surface area contributed by atoms with Gasteiger partial charge in [0.15, 0.2) is 0 Å². The van der Waals surface area contributed by atoms with E-state index in [0.717, 1.165) is 77.0 Å². The lowest BCUT2D eigenvalue weighted by Crippen LogP contribution is -2.45. The number of aliphatic hydroxyl groups excluding tert-OH is 1. The SMILES string of the molecule is CC/C=C\C/C=C\C/C=C\C/C=C\C/C=C\CCCCCCCCCCCCCCCC(=O)NC(COP(=O)([O-])OCC[N+](C)(C)C)C(O)/C=C/CCCCCC. The molecule has 0 saturated carbocycles. The number of nitrogens with zero attached hydrogens (tertiary/aromatic N) is 1. The van der Waals surface area contributed by atoms with Gasteiger partial charge in [-0.3, -0.25) is 9.36 Å². The average molecular weight is 819 g/mol. The van der Waals surface area contributed by atoms with Crippen LogP contribution in [-0.4, -0.2) is 68.5 Å². The number of aliphatic hydroxyl groups is 1. The third kappa shape index (κ3) is 41.9. The Hall–Kier alpha value is -2.06. The lowest BCUT2D eigenvalue weighted by molar-refractivity contribution is -0.870. The van der Waals surface area contributed by atoms with Crippen LogP contribution < -0.4 is 10.2 Å². The topological polar surface area (TPSA) is 108 Å². The molecule has 0 aromatic heterocycles. The van der Waals surface area contributed by atoms with E-state index in [1.54, 1.807) is 6.08 Å². The van der Waals surface area contributed by atoms with Crippen LogP contribution in [0.15, 0.2) is 72.9 Å². The van der Waals surface area contributed by atoms with Gasteiger partial charge in [0.05, 0.1) is 39.9 Å². The first-order valence-corrected chi connectivity index (χ1v) is 24.3. The van der Waals surface area contributed by atoms with Crippen molar-refractivity contribution in [1.29, 1.82) is 0 Å². The van der Waals surface area contributed by atoms with Gasteiger partial charge in [0.1, 0.15) is 13.2 Å². The maximum absolute atomic E-state index is 12.8. The Morgan fingerprint density at radius 2 is 1.07 bits per heavy atom. The van der Waals surface area contributed by atoms with Gasteiger partial charge in [0.2, 0.25) is 5.91 Å². The quantitative estimate of drug-likeness (QED) is 0.0276. The van der Waals surface area contributed by atoms with Crippen molar-refractivity contribution < 1.29 is 32.9 Å². The summed E-state index contributed by atoms with van der Waals surface area (Å²) in [6.07, 6.45) is 52.8. The summed E-state index contributed by atoms with van der Waals surface area (Å²) in [4.78, 5) is 25.1. The number of amides is 1. The smallest absolute Gasteiger partial charge is 0.268 e. The summed E-state index contributed by atoms with van der Waals surface area (Å²) in [7, 11) is 1.25. The highest BCUT2D eigenvalue weighted by Crippen LogP contribution is 2.38. The van der Waals surface area contributed by atoms with Crippen molar-refractivity contribution in [2.24, 2.45) is 0 Å². The summed E-state index contributed by atoms with van der Waals surface area (Å²) in [6.45, 7) is 4.43. The Morgan fingerprint density at radius 1 is 0.632 bits per heavy atom. The fourth-order valence-electron chi connectivity index (χ4n) is 6.06. The van der Waals surface area contributed by atoms with E-state index in [9.17, 15) is 19.4 Å².